The van der Waals surface area contributed by atoms with Crippen LogP contribution in [0, 0.1) is 5.82 Å². The van der Waals surface area contributed by atoms with Gasteiger partial charge in [-0.3, -0.25) is 4.79 Å². The van der Waals surface area contributed by atoms with Crippen molar-refractivity contribution in [1.29, 1.82) is 0 Å². The van der Waals surface area contributed by atoms with Crippen molar-refractivity contribution in [3.63, 3.8) is 0 Å². The Balaban J connectivity index is 1.37. The van der Waals surface area contributed by atoms with Crippen LogP contribution in [-0.4, -0.2) is 62.2 Å². The number of aromatic nitrogens is 1. The first-order valence-electron chi connectivity index (χ1n) is 10.3. The molecule has 2 aliphatic rings. The summed E-state index contributed by atoms with van der Waals surface area (Å²) in [7, 11) is -3.50. The van der Waals surface area contributed by atoms with E-state index in [-0.39, 0.29) is 22.5 Å². The van der Waals surface area contributed by atoms with Gasteiger partial charge in [-0.25, -0.2) is 17.8 Å². The molecule has 11 heteroatoms. The van der Waals surface area contributed by atoms with E-state index >= 15 is 0 Å². The lowest BCUT2D eigenvalue weighted by atomic mass is 10.0. The van der Waals surface area contributed by atoms with E-state index in [0.29, 0.717) is 41.9 Å². The molecule has 0 saturated carbocycles. The fraction of sp³-hybridized carbons (Fsp3) is 0.429. The third-order valence-electron chi connectivity index (χ3n) is 5.93. The normalized spacial score (nSPS) is 20.1. The first-order chi connectivity index (χ1) is 15.1. The Bertz CT molecular complexity index is 1140. The Labute approximate surface area is 196 Å². The number of carbonyl (C=O) groups excluding carboxylic acids is 1. The molecule has 2 aliphatic heterocycles. The molecule has 1 aromatic heterocycles. The highest BCUT2D eigenvalue weighted by atomic mass is 35.5. The lowest BCUT2D eigenvalue weighted by Crippen LogP contribution is -2.47. The quantitative estimate of drug-likeness (QED) is 0.674. The molecule has 0 radical (unpaired) electrons. The standard InChI is InChI=1S/C21H23Cl2FN4O3S/c1-32(30,31)15-2-3-18(17(24)11-15)26-19-6-9-28(21(19)29)14-4-7-27(8-5-14)20-16(23)10-13(22)12-25-20/h2-3,10-12,14,19,26H,4-9H2,1H3/t19-/m0/s1. The summed E-state index contributed by atoms with van der Waals surface area (Å²) in [4.78, 5) is 21.1. The first-order valence-corrected chi connectivity index (χ1v) is 12.9. The number of amides is 1. The molecule has 4 rings (SSSR count). The first kappa shape index (κ1) is 23.1. The van der Waals surface area contributed by atoms with Crippen molar-refractivity contribution < 1.29 is 17.6 Å². The van der Waals surface area contributed by atoms with Crippen molar-refractivity contribution in [2.24, 2.45) is 0 Å². The van der Waals surface area contributed by atoms with Crippen LogP contribution in [0.4, 0.5) is 15.9 Å². The lowest BCUT2D eigenvalue weighted by molar-refractivity contribution is -0.130. The molecule has 1 atom stereocenters. The van der Waals surface area contributed by atoms with Gasteiger partial charge in [-0.2, -0.15) is 0 Å². The van der Waals surface area contributed by atoms with Gasteiger partial charge < -0.3 is 15.1 Å². The fourth-order valence-corrected chi connectivity index (χ4v) is 5.39. The third kappa shape index (κ3) is 4.79. The number of nitrogens with one attached hydrogen (secondary N) is 1. The van der Waals surface area contributed by atoms with Crippen LogP contribution in [0.25, 0.3) is 0 Å². The fourth-order valence-electron chi connectivity index (χ4n) is 4.26. The van der Waals surface area contributed by atoms with E-state index in [1.807, 2.05) is 4.90 Å². The Kier molecular flexibility index (Phi) is 6.51. The van der Waals surface area contributed by atoms with Crippen LogP contribution in [0.15, 0.2) is 35.4 Å². The summed E-state index contributed by atoms with van der Waals surface area (Å²) in [6.07, 6.45) is 4.69. The molecule has 2 saturated heterocycles. The molecule has 0 spiro atoms. The van der Waals surface area contributed by atoms with Crippen molar-refractivity contribution in [3.05, 3.63) is 46.3 Å². The molecule has 0 bridgehead atoms. The zero-order chi connectivity index (χ0) is 23.0. The maximum Gasteiger partial charge on any atom is 0.245 e. The molecule has 172 valence electrons. The van der Waals surface area contributed by atoms with Crippen LogP contribution in [0.1, 0.15) is 19.3 Å². The predicted octanol–water partition coefficient (Wildman–Crippen LogP) is 3.61. The average Bonchev–Trinajstić information content (AvgIpc) is 3.09. The number of likely N-dealkylation sites (tertiary alicyclic amines) is 1. The van der Waals surface area contributed by atoms with Crippen LogP contribution >= 0.6 is 23.2 Å². The Hall–Kier alpha value is -2.10. The van der Waals surface area contributed by atoms with Crippen molar-refractivity contribution in [3.8, 4) is 0 Å². The zero-order valence-electron chi connectivity index (χ0n) is 17.4. The molecule has 1 N–H and O–H groups in total. The Morgan fingerprint density at radius 3 is 2.47 bits per heavy atom. The van der Waals surface area contributed by atoms with E-state index in [1.165, 1.54) is 12.1 Å². The average molecular weight is 501 g/mol. The predicted molar refractivity (Wildman–Crippen MR) is 123 cm³/mol. The summed E-state index contributed by atoms with van der Waals surface area (Å²) < 4.78 is 37.6. The van der Waals surface area contributed by atoms with Gasteiger partial charge in [-0.15, -0.1) is 0 Å². The van der Waals surface area contributed by atoms with Gasteiger partial charge in [0.2, 0.25) is 5.91 Å². The number of benzene rings is 1. The minimum atomic E-state index is -3.50. The largest absolute Gasteiger partial charge is 0.371 e. The van der Waals surface area contributed by atoms with Gasteiger partial charge >= 0.3 is 0 Å². The van der Waals surface area contributed by atoms with Crippen LogP contribution in [0.5, 0.6) is 0 Å². The smallest absolute Gasteiger partial charge is 0.245 e. The number of hydrogen-bond donors (Lipinski definition) is 1. The second kappa shape index (κ2) is 9.03. The molecule has 1 aromatic carbocycles. The van der Waals surface area contributed by atoms with Gasteiger partial charge in [-0.05, 0) is 43.5 Å². The maximum absolute atomic E-state index is 14.4. The molecule has 0 aliphatic carbocycles. The highest BCUT2D eigenvalue weighted by molar-refractivity contribution is 7.90. The number of carbonyl (C=O) groups is 1. The van der Waals surface area contributed by atoms with Gasteiger partial charge in [0.15, 0.2) is 9.84 Å². The highest BCUT2D eigenvalue weighted by Crippen LogP contribution is 2.31. The summed E-state index contributed by atoms with van der Waals surface area (Å²) in [5, 5.41) is 3.93. The van der Waals surface area contributed by atoms with Gasteiger partial charge in [0, 0.05) is 38.1 Å². The van der Waals surface area contributed by atoms with Crippen LogP contribution in [-0.2, 0) is 14.6 Å². The van der Waals surface area contributed by atoms with Gasteiger partial charge in [-0.1, -0.05) is 23.2 Å². The van der Waals surface area contributed by atoms with Crippen molar-refractivity contribution in [2.45, 2.75) is 36.2 Å². The minimum Gasteiger partial charge on any atom is -0.371 e. The van der Waals surface area contributed by atoms with Gasteiger partial charge in [0.1, 0.15) is 17.7 Å². The number of pyridine rings is 1. The van der Waals surface area contributed by atoms with Crippen molar-refractivity contribution >= 4 is 50.5 Å². The van der Waals surface area contributed by atoms with Crippen LogP contribution in [0.3, 0.4) is 0 Å². The van der Waals surface area contributed by atoms with E-state index in [2.05, 4.69) is 15.2 Å². The summed E-state index contributed by atoms with van der Waals surface area (Å²) in [5.41, 5.74) is 0.121. The maximum atomic E-state index is 14.4. The van der Waals surface area contributed by atoms with Crippen LogP contribution < -0.4 is 10.2 Å². The van der Waals surface area contributed by atoms with E-state index in [9.17, 15) is 17.6 Å². The van der Waals surface area contributed by atoms with Crippen LogP contribution in [0.2, 0.25) is 10.0 Å². The molecule has 0 unspecified atom stereocenters. The molecule has 2 aromatic rings. The molecule has 2 fully saturated rings. The summed E-state index contributed by atoms with van der Waals surface area (Å²) in [6.45, 7) is 2.01. The topological polar surface area (TPSA) is 82.6 Å². The number of hydrogen-bond acceptors (Lipinski definition) is 6. The lowest BCUT2D eigenvalue weighted by Gasteiger charge is -2.37. The molecular weight excluding hydrogens is 478 g/mol. The number of nitrogens with zero attached hydrogens (tertiary/aromatic N) is 3. The highest BCUT2D eigenvalue weighted by Gasteiger charge is 2.37. The second-order valence-electron chi connectivity index (χ2n) is 8.11. The molecule has 32 heavy (non-hydrogen) atoms. The van der Waals surface area contributed by atoms with Gasteiger partial charge in [0.25, 0.3) is 0 Å². The second-order valence-corrected chi connectivity index (χ2v) is 11.0. The SMILES string of the molecule is CS(=O)(=O)c1ccc(N[C@H]2CCN(C3CCN(c4ncc(Cl)cc4Cl)CC3)C2=O)c(F)c1. The number of sulfone groups is 1. The summed E-state index contributed by atoms with van der Waals surface area (Å²) in [5.74, 6) is -0.0765. The number of piperidine rings is 1. The number of rotatable bonds is 5. The number of halogens is 3. The number of anilines is 2. The summed E-state index contributed by atoms with van der Waals surface area (Å²) in [6, 6.07) is 4.89. The van der Waals surface area contributed by atoms with Crippen molar-refractivity contribution in [2.75, 3.05) is 36.1 Å². The Morgan fingerprint density at radius 1 is 1.12 bits per heavy atom. The summed E-state index contributed by atoms with van der Waals surface area (Å²) >= 11 is 12.2. The van der Waals surface area contributed by atoms with E-state index in [1.54, 1.807) is 12.3 Å². The Morgan fingerprint density at radius 2 is 1.84 bits per heavy atom. The monoisotopic (exact) mass is 500 g/mol. The van der Waals surface area contributed by atoms with Gasteiger partial charge in [0.05, 0.1) is 20.6 Å². The van der Waals surface area contributed by atoms with E-state index in [0.717, 1.165) is 25.2 Å². The molecule has 7 nitrogen and oxygen atoms in total. The molecule has 3 heterocycles. The third-order valence-corrected chi connectivity index (χ3v) is 7.53. The van der Waals surface area contributed by atoms with E-state index < -0.39 is 21.7 Å². The zero-order valence-corrected chi connectivity index (χ0v) is 19.7. The molecule has 1 amide bonds. The van der Waals surface area contributed by atoms with E-state index in [4.69, 9.17) is 23.2 Å². The van der Waals surface area contributed by atoms with Crippen molar-refractivity contribution in [1.82, 2.24) is 9.88 Å². The molecular formula is C21H23Cl2FN4O3S. The minimum absolute atomic E-state index is 0.0716.